The lowest BCUT2D eigenvalue weighted by atomic mass is 9.98. The summed E-state index contributed by atoms with van der Waals surface area (Å²) in [5.74, 6) is 1.69. The van der Waals surface area contributed by atoms with Gasteiger partial charge in [0.1, 0.15) is 5.82 Å². The average molecular weight is 430 g/mol. The molecule has 0 amide bonds. The van der Waals surface area contributed by atoms with Gasteiger partial charge in [-0.3, -0.25) is 4.57 Å². The number of allylic oxidation sites excluding steroid dienone is 2. The highest BCUT2D eigenvalue weighted by molar-refractivity contribution is 5.80. The number of nitrogens with one attached hydrogen (secondary N) is 1. The molecule has 0 fully saturated rings. The number of aromatic nitrogens is 7. The lowest BCUT2D eigenvalue weighted by Crippen LogP contribution is -2.27. The predicted octanol–water partition coefficient (Wildman–Crippen LogP) is 3.71. The molecule has 2 aromatic heterocycles. The van der Waals surface area contributed by atoms with E-state index in [0.717, 1.165) is 28.1 Å². The number of H-pyrrole nitrogens is 1. The van der Waals surface area contributed by atoms with Crippen LogP contribution >= 0.6 is 0 Å². The summed E-state index contributed by atoms with van der Waals surface area (Å²) in [5.41, 5.74) is 3.96. The molecule has 0 aliphatic rings. The lowest BCUT2D eigenvalue weighted by molar-refractivity contribution is 0.465. The number of hydrogen-bond donors (Lipinski definition) is 1. The smallest absolute Gasteiger partial charge is 0.274 e. The van der Waals surface area contributed by atoms with Crippen LogP contribution in [0.5, 0.6) is 0 Å². The van der Waals surface area contributed by atoms with Gasteiger partial charge in [0.05, 0.1) is 6.54 Å². The molecule has 8 nitrogen and oxygen atoms in total. The van der Waals surface area contributed by atoms with Crippen LogP contribution in [0.4, 0.5) is 0 Å². The van der Waals surface area contributed by atoms with Gasteiger partial charge in [-0.05, 0) is 34.7 Å². The maximum Gasteiger partial charge on any atom is 0.346 e. The third-order valence-corrected chi connectivity index (χ3v) is 5.19. The first-order valence-corrected chi connectivity index (χ1v) is 10.8. The molecule has 1 N–H and O–H groups in total. The maximum absolute atomic E-state index is 13.0. The van der Waals surface area contributed by atoms with E-state index in [1.54, 1.807) is 9.25 Å². The van der Waals surface area contributed by atoms with Gasteiger partial charge in [0.15, 0.2) is 0 Å². The Morgan fingerprint density at radius 1 is 1.06 bits per heavy atom. The van der Waals surface area contributed by atoms with Crippen LogP contribution in [0.3, 0.4) is 0 Å². The number of rotatable bonds is 8. The second-order valence-corrected chi connectivity index (χ2v) is 8.11. The van der Waals surface area contributed by atoms with Crippen LogP contribution in [0.15, 0.2) is 65.5 Å². The second-order valence-electron chi connectivity index (χ2n) is 8.11. The van der Waals surface area contributed by atoms with Crippen LogP contribution in [0.1, 0.15) is 32.2 Å². The van der Waals surface area contributed by atoms with Crippen LogP contribution in [0.25, 0.3) is 22.5 Å². The molecule has 164 valence electrons. The lowest BCUT2D eigenvalue weighted by Gasteiger charge is -2.09. The molecule has 0 atom stereocenters. The Kier molecular flexibility index (Phi) is 6.39. The SMILES string of the molecule is C/C=C/Cc1nn(CC(C)C)c(=O)n1Cc1ccc(-c2ccccc2-c2nn[nH]n2)cc1. The van der Waals surface area contributed by atoms with Gasteiger partial charge in [-0.2, -0.15) is 10.3 Å². The summed E-state index contributed by atoms with van der Waals surface area (Å²) in [6.45, 7) is 7.24. The zero-order chi connectivity index (χ0) is 22.5. The Balaban J connectivity index is 1.63. The molecule has 4 aromatic rings. The molecule has 0 saturated heterocycles. The van der Waals surface area contributed by atoms with E-state index < -0.39 is 0 Å². The number of nitrogens with zero attached hydrogens (tertiary/aromatic N) is 6. The zero-order valence-corrected chi connectivity index (χ0v) is 18.6. The monoisotopic (exact) mass is 429 g/mol. The molecule has 0 bridgehead atoms. The van der Waals surface area contributed by atoms with Gasteiger partial charge in [-0.25, -0.2) is 9.48 Å². The van der Waals surface area contributed by atoms with Crippen molar-refractivity contribution >= 4 is 0 Å². The van der Waals surface area contributed by atoms with E-state index >= 15 is 0 Å². The van der Waals surface area contributed by atoms with E-state index in [2.05, 4.69) is 51.7 Å². The molecule has 8 heteroatoms. The topological polar surface area (TPSA) is 94.3 Å². The van der Waals surface area contributed by atoms with Crippen LogP contribution in [-0.2, 0) is 19.5 Å². The maximum atomic E-state index is 13.0. The van der Waals surface area contributed by atoms with Gasteiger partial charge in [0.2, 0.25) is 5.82 Å². The average Bonchev–Trinajstić information content (AvgIpc) is 3.43. The van der Waals surface area contributed by atoms with Crippen molar-refractivity contribution in [2.24, 2.45) is 5.92 Å². The van der Waals surface area contributed by atoms with Crippen molar-refractivity contribution < 1.29 is 0 Å². The Bertz CT molecular complexity index is 1250. The van der Waals surface area contributed by atoms with Crippen molar-refractivity contribution in [1.29, 1.82) is 0 Å². The highest BCUT2D eigenvalue weighted by Gasteiger charge is 2.15. The van der Waals surface area contributed by atoms with Crippen LogP contribution in [0.2, 0.25) is 0 Å². The third kappa shape index (κ3) is 4.59. The summed E-state index contributed by atoms with van der Waals surface area (Å²) >= 11 is 0. The number of benzene rings is 2. The third-order valence-electron chi connectivity index (χ3n) is 5.19. The van der Waals surface area contributed by atoms with Crippen molar-refractivity contribution in [3.63, 3.8) is 0 Å². The summed E-state index contributed by atoms with van der Waals surface area (Å²) in [6.07, 6.45) is 4.63. The van der Waals surface area contributed by atoms with E-state index in [4.69, 9.17) is 0 Å². The molecular weight excluding hydrogens is 402 g/mol. The molecule has 0 aliphatic heterocycles. The summed E-state index contributed by atoms with van der Waals surface area (Å²) in [5, 5.41) is 19.0. The Labute approximate surface area is 186 Å². The van der Waals surface area contributed by atoms with E-state index in [0.29, 0.717) is 31.3 Å². The molecule has 0 aliphatic carbocycles. The van der Waals surface area contributed by atoms with Gasteiger partial charge in [0, 0.05) is 18.5 Å². The standard InChI is InChI=1S/C24H27N7O/c1-4-5-10-22-27-31(15-17(2)3)24(32)30(22)16-18-11-13-19(14-12-18)20-8-6-7-9-21(20)23-25-28-29-26-23/h4-9,11-14,17H,10,15-16H2,1-3H3,(H,25,26,28,29)/b5-4+. The quantitative estimate of drug-likeness (QED) is 0.431. The van der Waals surface area contributed by atoms with Crippen molar-refractivity contribution in [3.8, 4) is 22.5 Å². The fourth-order valence-electron chi connectivity index (χ4n) is 3.66. The number of hydrogen-bond acceptors (Lipinski definition) is 5. The fraction of sp³-hybridized carbons (Fsp3) is 0.292. The molecule has 0 saturated carbocycles. The molecule has 32 heavy (non-hydrogen) atoms. The summed E-state index contributed by atoms with van der Waals surface area (Å²) < 4.78 is 3.35. The summed E-state index contributed by atoms with van der Waals surface area (Å²) in [6, 6.07) is 16.2. The van der Waals surface area contributed by atoms with Crippen molar-refractivity contribution in [3.05, 3.63) is 82.6 Å². The van der Waals surface area contributed by atoms with E-state index in [1.807, 2.05) is 55.5 Å². The first kappa shape index (κ1) is 21.4. The molecule has 4 rings (SSSR count). The molecule has 0 spiro atoms. The number of aromatic amines is 1. The minimum absolute atomic E-state index is 0.0651. The van der Waals surface area contributed by atoms with Crippen molar-refractivity contribution in [2.75, 3.05) is 0 Å². The van der Waals surface area contributed by atoms with Gasteiger partial charge in [-0.15, -0.1) is 10.2 Å². The van der Waals surface area contributed by atoms with Crippen molar-refractivity contribution in [2.45, 2.75) is 40.3 Å². The Hall–Kier alpha value is -3.81. The summed E-state index contributed by atoms with van der Waals surface area (Å²) in [7, 11) is 0. The van der Waals surface area contributed by atoms with Crippen LogP contribution in [-0.4, -0.2) is 35.0 Å². The van der Waals surface area contributed by atoms with E-state index in [-0.39, 0.29) is 5.69 Å². The number of tetrazole rings is 1. The Morgan fingerprint density at radius 2 is 1.81 bits per heavy atom. The fourth-order valence-corrected chi connectivity index (χ4v) is 3.66. The van der Waals surface area contributed by atoms with Gasteiger partial charge in [-0.1, -0.05) is 74.5 Å². The largest absolute Gasteiger partial charge is 0.346 e. The van der Waals surface area contributed by atoms with Crippen LogP contribution < -0.4 is 5.69 Å². The van der Waals surface area contributed by atoms with Gasteiger partial charge < -0.3 is 0 Å². The first-order valence-electron chi connectivity index (χ1n) is 10.8. The molecule has 0 radical (unpaired) electrons. The predicted molar refractivity (Wildman–Crippen MR) is 124 cm³/mol. The molecule has 2 aromatic carbocycles. The van der Waals surface area contributed by atoms with Gasteiger partial charge >= 0.3 is 5.69 Å². The Morgan fingerprint density at radius 3 is 2.47 bits per heavy atom. The molecule has 0 unspecified atom stereocenters. The second kappa shape index (κ2) is 9.55. The highest BCUT2D eigenvalue weighted by Crippen LogP contribution is 2.29. The minimum Gasteiger partial charge on any atom is -0.274 e. The highest BCUT2D eigenvalue weighted by atomic mass is 16.2. The minimum atomic E-state index is -0.0651. The molecule has 2 heterocycles. The van der Waals surface area contributed by atoms with Crippen LogP contribution in [0, 0.1) is 5.92 Å². The van der Waals surface area contributed by atoms with Gasteiger partial charge in [0.25, 0.3) is 0 Å². The normalized spacial score (nSPS) is 11.6. The van der Waals surface area contributed by atoms with E-state index in [9.17, 15) is 4.79 Å². The van der Waals surface area contributed by atoms with E-state index in [1.165, 1.54) is 0 Å². The first-order chi connectivity index (χ1) is 15.6. The molecular formula is C24H27N7O. The summed E-state index contributed by atoms with van der Waals surface area (Å²) in [4.78, 5) is 13.0. The zero-order valence-electron chi connectivity index (χ0n) is 18.6. The van der Waals surface area contributed by atoms with Crippen molar-refractivity contribution in [1.82, 2.24) is 35.0 Å².